The van der Waals surface area contributed by atoms with Gasteiger partial charge >= 0.3 is 5.97 Å². The third kappa shape index (κ3) is 5.31. The van der Waals surface area contributed by atoms with Crippen LogP contribution in [-0.4, -0.2) is 34.7 Å². The maximum Gasteiger partial charge on any atom is 0.303 e. The Labute approximate surface area is 139 Å². The largest absolute Gasteiger partial charge is 0.481 e. The summed E-state index contributed by atoms with van der Waals surface area (Å²) < 4.78 is 0. The number of carbonyl (C=O) groups is 2. The Bertz CT molecular complexity index is 714. The number of hydrogen-bond donors (Lipinski definition) is 1. The summed E-state index contributed by atoms with van der Waals surface area (Å²) in [5.41, 5.74) is 2.64. The lowest BCUT2D eigenvalue weighted by molar-refractivity contribution is -0.137. The van der Waals surface area contributed by atoms with Crippen LogP contribution in [0.5, 0.6) is 0 Å². The van der Waals surface area contributed by atoms with Gasteiger partial charge in [-0.25, -0.2) is 0 Å². The van der Waals surface area contributed by atoms with Crippen molar-refractivity contribution in [1.82, 2.24) is 4.98 Å². The standard InChI is InChI=1S/C18H18N2O4/c21-13-14-5-3-6-15(11-14)18(16-7-4-9-19-12-16)20-24-10-2-1-8-17(22)23/h3-7,9,11-13H,1-2,8,10H2,(H,22,23). The number of carboxylic acid groups (broad SMARTS) is 1. The van der Waals surface area contributed by atoms with Crippen LogP contribution in [0, 0.1) is 0 Å². The van der Waals surface area contributed by atoms with E-state index in [0.29, 0.717) is 30.7 Å². The third-order valence-electron chi connectivity index (χ3n) is 3.26. The second kappa shape index (κ2) is 9.19. The molecule has 6 nitrogen and oxygen atoms in total. The molecule has 0 bridgehead atoms. The summed E-state index contributed by atoms with van der Waals surface area (Å²) in [4.78, 5) is 30.9. The van der Waals surface area contributed by atoms with Crippen molar-refractivity contribution < 1.29 is 19.5 Å². The molecule has 0 saturated carbocycles. The average Bonchev–Trinajstić information content (AvgIpc) is 2.61. The number of aliphatic carboxylic acids is 1. The van der Waals surface area contributed by atoms with Crippen molar-refractivity contribution >= 4 is 18.0 Å². The van der Waals surface area contributed by atoms with Gasteiger partial charge in [0.1, 0.15) is 18.6 Å². The van der Waals surface area contributed by atoms with Crippen LogP contribution in [0.25, 0.3) is 0 Å². The Hall–Kier alpha value is -3.02. The van der Waals surface area contributed by atoms with Crippen LogP contribution in [-0.2, 0) is 9.63 Å². The van der Waals surface area contributed by atoms with Gasteiger partial charge in [0.15, 0.2) is 0 Å². The summed E-state index contributed by atoms with van der Waals surface area (Å²) in [6.45, 7) is 0.324. The lowest BCUT2D eigenvalue weighted by Crippen LogP contribution is -2.06. The second-order valence-electron chi connectivity index (χ2n) is 5.11. The maximum atomic E-state index is 11.0. The lowest BCUT2D eigenvalue weighted by atomic mass is 10.0. The zero-order valence-electron chi connectivity index (χ0n) is 13.1. The topological polar surface area (TPSA) is 88.8 Å². The molecule has 24 heavy (non-hydrogen) atoms. The fourth-order valence-corrected chi connectivity index (χ4v) is 2.09. The predicted molar refractivity (Wildman–Crippen MR) is 89.1 cm³/mol. The van der Waals surface area contributed by atoms with Gasteiger partial charge in [-0.15, -0.1) is 0 Å². The first-order chi connectivity index (χ1) is 11.7. The number of aldehydes is 1. The van der Waals surface area contributed by atoms with Crippen molar-refractivity contribution in [2.24, 2.45) is 5.16 Å². The van der Waals surface area contributed by atoms with Crippen molar-refractivity contribution in [3.05, 3.63) is 65.5 Å². The van der Waals surface area contributed by atoms with E-state index in [4.69, 9.17) is 9.94 Å². The van der Waals surface area contributed by atoms with E-state index in [1.165, 1.54) is 0 Å². The first-order valence-corrected chi connectivity index (χ1v) is 7.58. The van der Waals surface area contributed by atoms with Crippen molar-refractivity contribution in [3.8, 4) is 0 Å². The van der Waals surface area contributed by atoms with Gasteiger partial charge in [-0.05, 0) is 31.0 Å². The number of oxime groups is 1. The Morgan fingerprint density at radius 3 is 2.75 bits per heavy atom. The van der Waals surface area contributed by atoms with Gasteiger partial charge in [0.05, 0.1) is 0 Å². The van der Waals surface area contributed by atoms with Crippen LogP contribution in [0.2, 0.25) is 0 Å². The number of nitrogens with zero attached hydrogens (tertiary/aromatic N) is 2. The molecule has 0 unspecified atom stereocenters. The molecule has 1 aromatic carbocycles. The monoisotopic (exact) mass is 326 g/mol. The van der Waals surface area contributed by atoms with Gasteiger partial charge in [-0.2, -0.15) is 0 Å². The molecular weight excluding hydrogens is 308 g/mol. The smallest absolute Gasteiger partial charge is 0.303 e. The number of rotatable bonds is 9. The van der Waals surface area contributed by atoms with Crippen LogP contribution >= 0.6 is 0 Å². The SMILES string of the molecule is O=Cc1cccc(C(=NOCCCCC(=O)O)c2cccnc2)c1. The normalized spacial score (nSPS) is 11.1. The Balaban J connectivity index is 2.13. The lowest BCUT2D eigenvalue weighted by Gasteiger charge is -2.07. The molecule has 2 rings (SSSR count). The highest BCUT2D eigenvalue weighted by atomic mass is 16.6. The van der Waals surface area contributed by atoms with Crippen molar-refractivity contribution in [2.75, 3.05) is 6.61 Å². The molecule has 1 aromatic heterocycles. The van der Waals surface area contributed by atoms with E-state index in [2.05, 4.69) is 10.1 Å². The second-order valence-corrected chi connectivity index (χ2v) is 5.11. The quantitative estimate of drug-likeness (QED) is 0.331. The van der Waals surface area contributed by atoms with Gasteiger partial charge in [-0.1, -0.05) is 23.4 Å². The summed E-state index contributed by atoms with van der Waals surface area (Å²) in [6.07, 6.45) is 5.36. The van der Waals surface area contributed by atoms with Gasteiger partial charge in [-0.3, -0.25) is 14.6 Å². The minimum atomic E-state index is -0.819. The molecule has 1 heterocycles. The summed E-state index contributed by atoms with van der Waals surface area (Å²) in [5, 5.41) is 12.8. The number of aromatic nitrogens is 1. The predicted octanol–water partition coefficient (Wildman–Crippen LogP) is 2.92. The number of unbranched alkanes of at least 4 members (excludes halogenated alkanes) is 1. The van der Waals surface area contributed by atoms with Crippen LogP contribution in [0.15, 0.2) is 53.9 Å². The Kier molecular flexibility index (Phi) is 6.64. The van der Waals surface area contributed by atoms with E-state index in [-0.39, 0.29) is 6.42 Å². The van der Waals surface area contributed by atoms with E-state index >= 15 is 0 Å². The van der Waals surface area contributed by atoms with Gasteiger partial charge < -0.3 is 9.94 Å². The van der Waals surface area contributed by atoms with E-state index in [0.717, 1.165) is 17.4 Å². The molecule has 1 N–H and O–H groups in total. The molecule has 0 atom stereocenters. The van der Waals surface area contributed by atoms with Crippen LogP contribution in [0.3, 0.4) is 0 Å². The van der Waals surface area contributed by atoms with Gasteiger partial charge in [0.25, 0.3) is 0 Å². The summed E-state index contributed by atoms with van der Waals surface area (Å²) >= 11 is 0. The summed E-state index contributed by atoms with van der Waals surface area (Å²) in [6, 6.07) is 10.7. The highest BCUT2D eigenvalue weighted by Gasteiger charge is 2.09. The van der Waals surface area contributed by atoms with E-state index in [1.54, 1.807) is 36.7 Å². The van der Waals surface area contributed by atoms with Crippen molar-refractivity contribution in [2.45, 2.75) is 19.3 Å². The first-order valence-electron chi connectivity index (χ1n) is 7.58. The fraction of sp³-hybridized carbons (Fsp3) is 0.222. The zero-order valence-corrected chi connectivity index (χ0v) is 13.1. The van der Waals surface area contributed by atoms with Crippen LogP contribution in [0.1, 0.15) is 40.7 Å². The van der Waals surface area contributed by atoms with E-state index < -0.39 is 5.97 Å². The Morgan fingerprint density at radius 2 is 2.04 bits per heavy atom. The number of pyridine rings is 1. The highest BCUT2D eigenvalue weighted by Crippen LogP contribution is 2.12. The number of carbonyl (C=O) groups excluding carboxylic acids is 1. The minimum absolute atomic E-state index is 0.115. The molecule has 0 saturated heterocycles. The number of carboxylic acids is 1. The van der Waals surface area contributed by atoms with Gasteiger partial charge in [0, 0.05) is 35.5 Å². The zero-order chi connectivity index (χ0) is 17.2. The number of benzene rings is 1. The minimum Gasteiger partial charge on any atom is -0.481 e. The Morgan fingerprint density at radius 1 is 1.21 bits per heavy atom. The fourth-order valence-electron chi connectivity index (χ4n) is 2.09. The maximum absolute atomic E-state index is 11.0. The molecule has 0 fully saturated rings. The molecule has 0 aliphatic heterocycles. The highest BCUT2D eigenvalue weighted by molar-refractivity contribution is 6.12. The van der Waals surface area contributed by atoms with Crippen LogP contribution < -0.4 is 0 Å². The molecule has 0 aliphatic rings. The molecule has 0 spiro atoms. The number of hydrogen-bond acceptors (Lipinski definition) is 5. The molecule has 0 aliphatic carbocycles. The summed E-state index contributed by atoms with van der Waals surface area (Å²) in [5.74, 6) is -0.819. The van der Waals surface area contributed by atoms with Crippen LogP contribution in [0.4, 0.5) is 0 Å². The first kappa shape index (κ1) is 17.3. The molecule has 0 radical (unpaired) electrons. The molecule has 124 valence electrons. The van der Waals surface area contributed by atoms with Crippen molar-refractivity contribution in [3.63, 3.8) is 0 Å². The third-order valence-corrected chi connectivity index (χ3v) is 3.26. The van der Waals surface area contributed by atoms with Crippen molar-refractivity contribution in [1.29, 1.82) is 0 Å². The molecule has 6 heteroatoms. The summed E-state index contributed by atoms with van der Waals surface area (Å²) in [7, 11) is 0. The van der Waals surface area contributed by atoms with Gasteiger partial charge in [0.2, 0.25) is 0 Å². The molecule has 2 aromatic rings. The van der Waals surface area contributed by atoms with E-state index in [1.807, 2.05) is 12.1 Å². The average molecular weight is 326 g/mol. The molecule has 0 amide bonds. The molecular formula is C18H18N2O4. The van der Waals surface area contributed by atoms with E-state index in [9.17, 15) is 9.59 Å².